The Morgan fingerprint density at radius 2 is 1.85 bits per heavy atom. The van der Waals surface area contributed by atoms with Crippen molar-refractivity contribution in [2.75, 3.05) is 5.75 Å². The first-order valence-electron chi connectivity index (χ1n) is 8.36. The molecular formula is C17H15F3N4O2S. The highest BCUT2D eigenvalue weighted by Crippen LogP contribution is 2.41. The van der Waals surface area contributed by atoms with Gasteiger partial charge in [-0.2, -0.15) is 13.2 Å². The molecule has 0 saturated heterocycles. The van der Waals surface area contributed by atoms with Crippen molar-refractivity contribution in [2.45, 2.75) is 36.8 Å². The molecule has 4 rings (SSSR count). The van der Waals surface area contributed by atoms with Crippen LogP contribution in [0.3, 0.4) is 0 Å². The van der Waals surface area contributed by atoms with Gasteiger partial charge in [0.2, 0.25) is 0 Å². The molecule has 1 fully saturated rings. The van der Waals surface area contributed by atoms with Gasteiger partial charge in [-0.1, -0.05) is 6.92 Å². The molecule has 0 aliphatic heterocycles. The number of nitrogens with zero attached hydrogens (tertiary/aromatic N) is 4. The van der Waals surface area contributed by atoms with Crippen molar-refractivity contribution in [3.05, 3.63) is 41.6 Å². The third kappa shape index (κ3) is 3.29. The summed E-state index contributed by atoms with van der Waals surface area (Å²) in [6, 6.07) is 4.57. The second kappa shape index (κ2) is 6.01. The largest absolute Gasteiger partial charge is 0.416 e. The Labute approximate surface area is 152 Å². The van der Waals surface area contributed by atoms with Gasteiger partial charge >= 0.3 is 6.18 Å². The van der Waals surface area contributed by atoms with Gasteiger partial charge in [0.05, 0.1) is 11.3 Å². The standard InChI is InChI=1S/C17H15F3N4O2S/c1-2-27(25,26)15-7-11(10-3-4-10)9-21-16(15)24-22-13-6-5-12(17(18,19)20)8-14(13)23-24/h5-10H,2-4H2,1H3. The summed E-state index contributed by atoms with van der Waals surface area (Å²) in [7, 11) is -3.62. The van der Waals surface area contributed by atoms with E-state index in [1.165, 1.54) is 13.0 Å². The van der Waals surface area contributed by atoms with E-state index in [0.29, 0.717) is 5.92 Å². The van der Waals surface area contributed by atoms with Crippen LogP contribution in [-0.4, -0.2) is 34.1 Å². The third-order valence-corrected chi connectivity index (χ3v) is 6.25. The summed E-state index contributed by atoms with van der Waals surface area (Å²) in [6.07, 6.45) is -0.955. The van der Waals surface area contributed by atoms with Crippen molar-refractivity contribution < 1.29 is 21.6 Å². The van der Waals surface area contributed by atoms with Crippen LogP contribution in [-0.2, 0) is 16.0 Å². The van der Waals surface area contributed by atoms with E-state index in [2.05, 4.69) is 15.2 Å². The molecule has 3 aromatic rings. The zero-order valence-electron chi connectivity index (χ0n) is 14.2. The molecule has 0 spiro atoms. The van der Waals surface area contributed by atoms with Crippen molar-refractivity contribution in [1.82, 2.24) is 20.0 Å². The maximum absolute atomic E-state index is 12.9. The summed E-state index contributed by atoms with van der Waals surface area (Å²) in [5.41, 5.74) is 0.219. The zero-order valence-corrected chi connectivity index (χ0v) is 15.0. The molecule has 10 heteroatoms. The van der Waals surface area contributed by atoms with E-state index < -0.39 is 21.6 Å². The number of aromatic nitrogens is 4. The fourth-order valence-corrected chi connectivity index (χ4v) is 3.85. The number of sulfone groups is 1. The van der Waals surface area contributed by atoms with Crippen LogP contribution < -0.4 is 0 Å². The van der Waals surface area contributed by atoms with Crippen molar-refractivity contribution in [2.24, 2.45) is 0 Å². The molecule has 0 bridgehead atoms. The Kier molecular flexibility index (Phi) is 3.99. The first-order chi connectivity index (χ1) is 12.7. The van der Waals surface area contributed by atoms with E-state index in [9.17, 15) is 21.6 Å². The highest BCUT2D eigenvalue weighted by Gasteiger charge is 2.31. The van der Waals surface area contributed by atoms with E-state index >= 15 is 0 Å². The predicted octanol–water partition coefficient (Wildman–Crippen LogP) is 3.51. The molecule has 1 saturated carbocycles. The van der Waals surface area contributed by atoms with Crippen LogP contribution >= 0.6 is 0 Å². The minimum atomic E-state index is -4.50. The van der Waals surface area contributed by atoms with Gasteiger partial charge in [-0.05, 0) is 48.6 Å². The molecule has 0 unspecified atom stereocenters. The molecule has 0 amide bonds. The van der Waals surface area contributed by atoms with Gasteiger partial charge in [-0.3, -0.25) is 0 Å². The summed E-state index contributed by atoms with van der Waals surface area (Å²) in [5, 5.41) is 8.15. The number of hydrogen-bond acceptors (Lipinski definition) is 5. The average molecular weight is 396 g/mol. The number of alkyl halides is 3. The maximum atomic E-state index is 12.9. The normalized spacial score (nSPS) is 15.4. The van der Waals surface area contributed by atoms with Crippen LogP contribution in [0.2, 0.25) is 0 Å². The first-order valence-corrected chi connectivity index (χ1v) is 10.0. The Morgan fingerprint density at radius 3 is 2.48 bits per heavy atom. The number of fused-ring (bicyclic) bond motifs is 1. The van der Waals surface area contributed by atoms with Gasteiger partial charge in [0.25, 0.3) is 0 Å². The van der Waals surface area contributed by atoms with Crippen molar-refractivity contribution in [3.8, 4) is 5.82 Å². The molecule has 27 heavy (non-hydrogen) atoms. The quantitative estimate of drug-likeness (QED) is 0.675. The Bertz CT molecular complexity index is 1130. The summed E-state index contributed by atoms with van der Waals surface area (Å²) in [5.74, 6) is 0.164. The fourth-order valence-electron chi connectivity index (χ4n) is 2.81. The van der Waals surface area contributed by atoms with E-state index in [1.807, 2.05) is 0 Å². The van der Waals surface area contributed by atoms with E-state index in [0.717, 1.165) is 35.3 Å². The lowest BCUT2D eigenvalue weighted by Crippen LogP contribution is -2.13. The predicted molar refractivity (Wildman–Crippen MR) is 91.4 cm³/mol. The molecule has 0 radical (unpaired) electrons. The van der Waals surface area contributed by atoms with Crippen molar-refractivity contribution >= 4 is 20.9 Å². The Hall–Kier alpha value is -2.49. The number of benzene rings is 1. The smallest absolute Gasteiger partial charge is 0.234 e. The van der Waals surface area contributed by atoms with Crippen LogP contribution in [0.1, 0.15) is 36.8 Å². The number of pyridine rings is 1. The second-order valence-electron chi connectivity index (χ2n) is 6.46. The third-order valence-electron chi connectivity index (χ3n) is 4.52. The molecule has 6 nitrogen and oxygen atoms in total. The topological polar surface area (TPSA) is 77.7 Å². The molecule has 0 N–H and O–H groups in total. The number of hydrogen-bond donors (Lipinski definition) is 0. The highest BCUT2D eigenvalue weighted by atomic mass is 32.2. The fraction of sp³-hybridized carbons (Fsp3) is 0.353. The van der Waals surface area contributed by atoms with Gasteiger partial charge in [0, 0.05) is 6.20 Å². The van der Waals surface area contributed by atoms with Crippen molar-refractivity contribution in [1.29, 1.82) is 0 Å². The van der Waals surface area contributed by atoms with E-state index in [1.54, 1.807) is 12.3 Å². The Balaban J connectivity index is 1.87. The van der Waals surface area contributed by atoms with Crippen molar-refractivity contribution in [3.63, 3.8) is 0 Å². The molecule has 0 atom stereocenters. The van der Waals surface area contributed by atoms with Gasteiger partial charge in [0.1, 0.15) is 15.9 Å². The minimum Gasteiger partial charge on any atom is -0.234 e. The molecule has 2 heterocycles. The van der Waals surface area contributed by atoms with Crippen LogP contribution in [0.4, 0.5) is 13.2 Å². The molecule has 142 valence electrons. The van der Waals surface area contributed by atoms with Crippen LogP contribution in [0.25, 0.3) is 16.9 Å². The maximum Gasteiger partial charge on any atom is 0.416 e. The van der Waals surface area contributed by atoms with Gasteiger partial charge < -0.3 is 0 Å². The monoisotopic (exact) mass is 396 g/mol. The molecule has 1 aromatic carbocycles. The average Bonchev–Trinajstić information content (AvgIpc) is 3.38. The Morgan fingerprint density at radius 1 is 1.15 bits per heavy atom. The lowest BCUT2D eigenvalue weighted by molar-refractivity contribution is -0.137. The molecular weight excluding hydrogens is 381 g/mol. The van der Waals surface area contributed by atoms with Gasteiger partial charge in [0.15, 0.2) is 15.7 Å². The molecule has 1 aliphatic carbocycles. The van der Waals surface area contributed by atoms with E-state index in [-0.39, 0.29) is 27.5 Å². The number of rotatable bonds is 4. The van der Waals surface area contributed by atoms with Crippen LogP contribution in [0.5, 0.6) is 0 Å². The zero-order chi connectivity index (χ0) is 19.4. The number of halogens is 3. The summed E-state index contributed by atoms with van der Waals surface area (Å²) < 4.78 is 63.7. The first kappa shape index (κ1) is 17.9. The second-order valence-corrected chi connectivity index (χ2v) is 8.71. The van der Waals surface area contributed by atoms with E-state index in [4.69, 9.17) is 0 Å². The van der Waals surface area contributed by atoms with Crippen LogP contribution in [0.15, 0.2) is 35.4 Å². The lowest BCUT2D eigenvalue weighted by atomic mass is 10.2. The summed E-state index contributed by atoms with van der Waals surface area (Å²) in [4.78, 5) is 5.21. The SMILES string of the molecule is CCS(=O)(=O)c1cc(C2CC2)cnc1-n1nc2ccc(C(F)(F)F)cc2n1. The van der Waals surface area contributed by atoms with Gasteiger partial charge in [-0.15, -0.1) is 15.0 Å². The highest BCUT2D eigenvalue weighted by molar-refractivity contribution is 7.91. The summed E-state index contributed by atoms with van der Waals surface area (Å²) in [6.45, 7) is 1.52. The molecule has 2 aromatic heterocycles. The van der Waals surface area contributed by atoms with Crippen LogP contribution in [0, 0.1) is 0 Å². The molecule has 1 aliphatic rings. The summed E-state index contributed by atoms with van der Waals surface area (Å²) >= 11 is 0. The minimum absolute atomic E-state index is 0.00833. The van der Waals surface area contributed by atoms with Gasteiger partial charge in [-0.25, -0.2) is 13.4 Å². The lowest BCUT2D eigenvalue weighted by Gasteiger charge is -2.09.